The highest BCUT2D eigenvalue weighted by molar-refractivity contribution is 6.07. The molecule has 3 rings (SSSR count). The van der Waals surface area contributed by atoms with Gasteiger partial charge in [-0.15, -0.1) is 0 Å². The number of rotatable bonds is 6. The molecule has 1 aliphatic rings. The number of imide groups is 1. The third-order valence-electron chi connectivity index (χ3n) is 4.38. The molecule has 1 aliphatic heterocycles. The van der Waals surface area contributed by atoms with E-state index in [1.165, 1.54) is 37.3 Å². The first-order valence-corrected chi connectivity index (χ1v) is 8.19. The molecule has 0 spiro atoms. The zero-order chi connectivity index (χ0) is 20.5. The van der Waals surface area contributed by atoms with E-state index in [1.54, 1.807) is 0 Å². The Morgan fingerprint density at radius 2 is 1.93 bits per heavy atom. The summed E-state index contributed by atoms with van der Waals surface area (Å²) >= 11 is 0. The molecule has 1 heterocycles. The van der Waals surface area contributed by atoms with Gasteiger partial charge >= 0.3 is 6.03 Å². The summed E-state index contributed by atoms with van der Waals surface area (Å²) in [5.74, 6) is -2.63. The van der Waals surface area contributed by atoms with Gasteiger partial charge in [0.05, 0.1) is 17.5 Å². The summed E-state index contributed by atoms with van der Waals surface area (Å²) in [5.41, 5.74) is -1.60. The zero-order valence-electron chi connectivity index (χ0n) is 14.6. The molecular weight excluding hydrogens is 376 g/mol. The lowest BCUT2D eigenvalue weighted by molar-refractivity contribution is -0.384. The third-order valence-corrected chi connectivity index (χ3v) is 4.38. The third kappa shape index (κ3) is 3.48. The lowest BCUT2D eigenvalue weighted by Crippen LogP contribution is -2.41. The van der Waals surface area contributed by atoms with Gasteiger partial charge in [-0.05, 0) is 30.7 Å². The van der Waals surface area contributed by atoms with Crippen LogP contribution >= 0.6 is 0 Å². The fraction of sp³-hybridized carbons (Fsp3) is 0.222. The minimum absolute atomic E-state index is 0.103. The van der Waals surface area contributed by atoms with E-state index in [-0.39, 0.29) is 30.2 Å². The predicted molar refractivity (Wildman–Crippen MR) is 92.5 cm³/mol. The number of halogens is 2. The highest BCUT2D eigenvalue weighted by atomic mass is 19.2. The van der Waals surface area contributed by atoms with Crippen molar-refractivity contribution >= 4 is 17.6 Å². The van der Waals surface area contributed by atoms with Crippen molar-refractivity contribution in [3.63, 3.8) is 0 Å². The van der Waals surface area contributed by atoms with Gasteiger partial charge in [-0.25, -0.2) is 13.6 Å². The Morgan fingerprint density at radius 1 is 1.18 bits per heavy atom. The monoisotopic (exact) mass is 391 g/mol. The Bertz CT molecular complexity index is 968. The molecule has 146 valence electrons. The molecule has 0 bridgehead atoms. The Balaban J connectivity index is 1.69. The van der Waals surface area contributed by atoms with Gasteiger partial charge in [-0.3, -0.25) is 19.8 Å². The van der Waals surface area contributed by atoms with Crippen molar-refractivity contribution in [2.45, 2.75) is 12.5 Å². The van der Waals surface area contributed by atoms with Crippen LogP contribution in [0.4, 0.5) is 19.3 Å². The van der Waals surface area contributed by atoms with E-state index in [0.29, 0.717) is 0 Å². The minimum Gasteiger partial charge on any atom is -0.491 e. The Kier molecular flexibility index (Phi) is 4.95. The van der Waals surface area contributed by atoms with Crippen molar-refractivity contribution in [3.05, 3.63) is 69.8 Å². The molecule has 3 amide bonds. The molecular formula is C18H15F2N3O5. The quantitative estimate of drug-likeness (QED) is 0.463. The van der Waals surface area contributed by atoms with E-state index in [4.69, 9.17) is 4.74 Å². The highest BCUT2D eigenvalue weighted by Gasteiger charge is 2.49. The summed E-state index contributed by atoms with van der Waals surface area (Å²) in [7, 11) is 0. The summed E-state index contributed by atoms with van der Waals surface area (Å²) in [6.07, 6.45) is 0. The molecule has 2 aromatic rings. The molecule has 0 aromatic heterocycles. The maximum absolute atomic E-state index is 13.5. The number of urea groups is 1. The van der Waals surface area contributed by atoms with Crippen LogP contribution in [0.1, 0.15) is 12.5 Å². The number of hydrogen-bond donors (Lipinski definition) is 1. The van der Waals surface area contributed by atoms with Crippen LogP contribution in [0.25, 0.3) is 0 Å². The van der Waals surface area contributed by atoms with E-state index in [9.17, 15) is 28.5 Å². The zero-order valence-corrected chi connectivity index (χ0v) is 14.6. The summed E-state index contributed by atoms with van der Waals surface area (Å²) in [4.78, 5) is 36.0. The van der Waals surface area contributed by atoms with E-state index in [1.807, 2.05) is 0 Å². The van der Waals surface area contributed by atoms with Crippen LogP contribution in [0.3, 0.4) is 0 Å². The number of nitrogens with zero attached hydrogens (tertiary/aromatic N) is 2. The second kappa shape index (κ2) is 7.22. The van der Waals surface area contributed by atoms with E-state index in [0.717, 1.165) is 17.0 Å². The maximum atomic E-state index is 13.5. The second-order valence-electron chi connectivity index (χ2n) is 6.24. The lowest BCUT2D eigenvalue weighted by Gasteiger charge is -2.22. The maximum Gasteiger partial charge on any atom is 0.325 e. The van der Waals surface area contributed by atoms with E-state index < -0.39 is 34.0 Å². The summed E-state index contributed by atoms with van der Waals surface area (Å²) in [6.45, 7) is 1.15. The normalized spacial score (nSPS) is 18.9. The van der Waals surface area contributed by atoms with Gasteiger partial charge in [-0.2, -0.15) is 0 Å². The first kappa shape index (κ1) is 19.2. The molecule has 1 fully saturated rings. The topological polar surface area (TPSA) is 102 Å². The van der Waals surface area contributed by atoms with Crippen molar-refractivity contribution in [1.29, 1.82) is 0 Å². The largest absolute Gasteiger partial charge is 0.491 e. The van der Waals surface area contributed by atoms with E-state index >= 15 is 0 Å². The standard InChI is InChI=1S/C18H15F2N3O5/c1-18(11-5-6-14(19)15(20)9-11)16(24)22(17(25)21-18)7-8-28-13-4-2-3-12(10-13)23(26)27/h2-6,9-10H,7-8H2,1H3,(H,21,25)/t18-/m0/s1. The van der Waals surface area contributed by atoms with Crippen LogP contribution in [0.5, 0.6) is 5.75 Å². The summed E-state index contributed by atoms with van der Waals surface area (Å²) in [5, 5.41) is 13.2. The number of hydrogen-bond acceptors (Lipinski definition) is 5. The molecule has 8 nitrogen and oxygen atoms in total. The van der Waals surface area contributed by atoms with Crippen molar-refractivity contribution in [1.82, 2.24) is 10.2 Å². The molecule has 0 radical (unpaired) electrons. The molecule has 1 N–H and O–H groups in total. The van der Waals surface area contributed by atoms with Crippen molar-refractivity contribution in [3.8, 4) is 5.75 Å². The van der Waals surface area contributed by atoms with Gasteiger partial charge in [0.15, 0.2) is 11.6 Å². The molecule has 2 aromatic carbocycles. The highest BCUT2D eigenvalue weighted by Crippen LogP contribution is 2.29. The van der Waals surface area contributed by atoms with Crippen LogP contribution in [0.15, 0.2) is 42.5 Å². The number of carbonyl (C=O) groups is 2. The number of non-ortho nitro benzene ring substituents is 1. The number of nitro benzene ring substituents is 1. The molecule has 0 aliphatic carbocycles. The van der Waals surface area contributed by atoms with Crippen molar-refractivity contribution in [2.75, 3.05) is 13.2 Å². The first-order valence-electron chi connectivity index (χ1n) is 8.19. The van der Waals surface area contributed by atoms with Gasteiger partial charge in [0, 0.05) is 6.07 Å². The number of amides is 3. The molecule has 1 atom stereocenters. The summed E-state index contributed by atoms with van der Waals surface area (Å²) < 4.78 is 32.1. The molecule has 10 heteroatoms. The van der Waals surface area contributed by atoms with Crippen LogP contribution in [-0.4, -0.2) is 34.9 Å². The first-order chi connectivity index (χ1) is 13.2. The average Bonchev–Trinajstić information content (AvgIpc) is 2.88. The minimum atomic E-state index is -1.54. The van der Waals surface area contributed by atoms with Gasteiger partial charge in [0.1, 0.15) is 17.9 Å². The van der Waals surface area contributed by atoms with Crippen LogP contribution in [-0.2, 0) is 10.3 Å². The SMILES string of the molecule is C[C@@]1(c2ccc(F)c(F)c2)NC(=O)N(CCOc2cccc([N+](=O)[O-])c2)C1=O. The van der Waals surface area contributed by atoms with Crippen LogP contribution < -0.4 is 10.1 Å². The molecule has 0 unspecified atom stereocenters. The van der Waals surface area contributed by atoms with Crippen LogP contribution in [0.2, 0.25) is 0 Å². The lowest BCUT2D eigenvalue weighted by atomic mass is 9.92. The Morgan fingerprint density at radius 3 is 2.61 bits per heavy atom. The van der Waals surface area contributed by atoms with Gasteiger partial charge in [-0.1, -0.05) is 12.1 Å². The number of carbonyl (C=O) groups excluding carboxylic acids is 2. The Labute approximate surface area is 157 Å². The number of ether oxygens (including phenoxy) is 1. The number of benzene rings is 2. The smallest absolute Gasteiger partial charge is 0.325 e. The molecule has 0 saturated carbocycles. The van der Waals surface area contributed by atoms with Crippen LogP contribution in [0, 0.1) is 21.7 Å². The van der Waals surface area contributed by atoms with Crippen molar-refractivity contribution < 1.29 is 28.0 Å². The summed E-state index contributed by atoms with van der Waals surface area (Å²) in [6, 6.07) is 7.72. The van der Waals surface area contributed by atoms with Crippen molar-refractivity contribution in [2.24, 2.45) is 0 Å². The predicted octanol–water partition coefficient (Wildman–Crippen LogP) is 2.72. The van der Waals surface area contributed by atoms with Gasteiger partial charge in [0.25, 0.3) is 11.6 Å². The average molecular weight is 391 g/mol. The van der Waals surface area contributed by atoms with Gasteiger partial charge in [0.2, 0.25) is 0 Å². The fourth-order valence-corrected chi connectivity index (χ4v) is 2.84. The van der Waals surface area contributed by atoms with E-state index in [2.05, 4.69) is 5.32 Å². The second-order valence-corrected chi connectivity index (χ2v) is 6.24. The molecule has 1 saturated heterocycles. The fourth-order valence-electron chi connectivity index (χ4n) is 2.84. The number of nitro groups is 1. The Hall–Kier alpha value is -3.56. The number of nitrogens with one attached hydrogen (secondary N) is 1. The molecule has 28 heavy (non-hydrogen) atoms. The van der Waals surface area contributed by atoms with Gasteiger partial charge < -0.3 is 10.1 Å².